The van der Waals surface area contributed by atoms with Gasteiger partial charge in [0.1, 0.15) is 6.04 Å². The SMILES string of the molecule is CCn1c(SCC(=O)N(C)C2CCN(c3ccccc3Cl)C2=O)nc2ccccc21. The summed E-state index contributed by atoms with van der Waals surface area (Å²) in [4.78, 5) is 33.7. The highest BCUT2D eigenvalue weighted by atomic mass is 35.5. The number of carbonyl (C=O) groups is 2. The van der Waals surface area contributed by atoms with Crippen LogP contribution in [-0.2, 0) is 16.1 Å². The van der Waals surface area contributed by atoms with Crippen molar-refractivity contribution >= 4 is 51.9 Å². The number of hydrogen-bond acceptors (Lipinski definition) is 4. The highest BCUT2D eigenvalue weighted by molar-refractivity contribution is 7.99. The van der Waals surface area contributed by atoms with Crippen LogP contribution in [0.5, 0.6) is 0 Å². The third-order valence-electron chi connectivity index (χ3n) is 5.44. The number of thioether (sulfide) groups is 1. The fourth-order valence-corrected chi connectivity index (χ4v) is 5.05. The van der Waals surface area contributed by atoms with E-state index in [2.05, 4.69) is 16.5 Å². The number of nitrogens with zero attached hydrogens (tertiary/aromatic N) is 4. The van der Waals surface area contributed by atoms with Crippen molar-refractivity contribution in [3.05, 3.63) is 53.6 Å². The fraction of sp³-hybridized carbons (Fsp3) is 0.318. The van der Waals surface area contributed by atoms with Crippen LogP contribution in [0, 0.1) is 0 Å². The van der Waals surface area contributed by atoms with Crippen LogP contribution >= 0.6 is 23.4 Å². The quantitative estimate of drug-likeness (QED) is 0.540. The van der Waals surface area contributed by atoms with Crippen LogP contribution in [0.3, 0.4) is 0 Å². The maximum Gasteiger partial charge on any atom is 0.249 e. The Morgan fingerprint density at radius 2 is 1.97 bits per heavy atom. The maximum atomic E-state index is 12.9. The lowest BCUT2D eigenvalue weighted by molar-refractivity contribution is -0.134. The highest BCUT2D eigenvalue weighted by Crippen LogP contribution is 2.31. The van der Waals surface area contributed by atoms with Crippen molar-refractivity contribution in [1.29, 1.82) is 0 Å². The number of aryl methyl sites for hydroxylation is 1. The molecule has 1 atom stereocenters. The Morgan fingerprint density at radius 1 is 1.23 bits per heavy atom. The number of benzene rings is 2. The van der Waals surface area contributed by atoms with Crippen molar-refractivity contribution in [2.24, 2.45) is 0 Å². The summed E-state index contributed by atoms with van der Waals surface area (Å²) in [5.74, 6) is 0.0502. The number of imidazole rings is 1. The van der Waals surface area contributed by atoms with Gasteiger partial charge in [-0.05, 0) is 37.6 Å². The minimum atomic E-state index is -0.473. The molecule has 0 spiro atoms. The largest absolute Gasteiger partial charge is 0.333 e. The van der Waals surface area contributed by atoms with E-state index in [-0.39, 0.29) is 17.6 Å². The zero-order chi connectivity index (χ0) is 21.3. The number of aromatic nitrogens is 2. The molecule has 0 radical (unpaired) electrons. The fourth-order valence-electron chi connectivity index (χ4n) is 3.81. The number of hydrogen-bond donors (Lipinski definition) is 0. The van der Waals surface area contributed by atoms with E-state index in [1.165, 1.54) is 11.8 Å². The molecule has 1 aliphatic rings. The molecule has 30 heavy (non-hydrogen) atoms. The van der Waals surface area contributed by atoms with Crippen LogP contribution in [0.2, 0.25) is 5.02 Å². The molecule has 2 heterocycles. The summed E-state index contributed by atoms with van der Waals surface area (Å²) in [5, 5.41) is 1.35. The van der Waals surface area contributed by atoms with Gasteiger partial charge in [0.05, 0.1) is 27.5 Å². The van der Waals surface area contributed by atoms with E-state index in [1.54, 1.807) is 22.9 Å². The van der Waals surface area contributed by atoms with Gasteiger partial charge < -0.3 is 14.4 Å². The first kappa shape index (κ1) is 20.8. The Balaban J connectivity index is 1.43. The van der Waals surface area contributed by atoms with E-state index in [0.29, 0.717) is 23.7 Å². The van der Waals surface area contributed by atoms with E-state index in [9.17, 15) is 9.59 Å². The second-order valence-electron chi connectivity index (χ2n) is 7.17. The van der Waals surface area contributed by atoms with Gasteiger partial charge in [-0.25, -0.2) is 4.98 Å². The summed E-state index contributed by atoms with van der Waals surface area (Å²) in [6.45, 7) is 3.39. The van der Waals surface area contributed by atoms with Gasteiger partial charge in [-0.1, -0.05) is 47.6 Å². The normalized spacial score (nSPS) is 16.4. The molecule has 6 nitrogen and oxygen atoms in total. The average molecular weight is 443 g/mol. The first-order valence-electron chi connectivity index (χ1n) is 9.91. The van der Waals surface area contributed by atoms with E-state index in [0.717, 1.165) is 22.7 Å². The van der Waals surface area contributed by atoms with Crippen LogP contribution in [-0.4, -0.2) is 51.7 Å². The van der Waals surface area contributed by atoms with Gasteiger partial charge in [0.15, 0.2) is 5.16 Å². The van der Waals surface area contributed by atoms with Gasteiger partial charge in [0, 0.05) is 20.1 Å². The van der Waals surface area contributed by atoms with Crippen LogP contribution in [0.25, 0.3) is 11.0 Å². The first-order chi connectivity index (χ1) is 14.5. The summed E-state index contributed by atoms with van der Waals surface area (Å²) in [6, 6.07) is 14.8. The molecule has 0 bridgehead atoms. The van der Waals surface area contributed by atoms with E-state index < -0.39 is 6.04 Å². The predicted octanol–water partition coefficient (Wildman–Crippen LogP) is 4.07. The molecule has 2 amide bonds. The minimum absolute atomic E-state index is 0.0888. The maximum absolute atomic E-state index is 12.9. The summed E-state index contributed by atoms with van der Waals surface area (Å²) in [6.07, 6.45) is 0.588. The Morgan fingerprint density at radius 3 is 2.73 bits per heavy atom. The van der Waals surface area contributed by atoms with Crippen molar-refractivity contribution in [1.82, 2.24) is 14.5 Å². The number of amides is 2. The lowest BCUT2D eigenvalue weighted by atomic mass is 10.2. The van der Waals surface area contributed by atoms with E-state index in [4.69, 9.17) is 11.6 Å². The minimum Gasteiger partial charge on any atom is -0.333 e. The lowest BCUT2D eigenvalue weighted by Gasteiger charge is -2.24. The summed E-state index contributed by atoms with van der Waals surface area (Å²) >= 11 is 7.66. The molecule has 1 aromatic heterocycles. The topological polar surface area (TPSA) is 58.4 Å². The molecule has 1 aliphatic heterocycles. The molecular weight excluding hydrogens is 420 g/mol. The molecular formula is C22H23ClN4O2S. The van der Waals surface area contributed by atoms with E-state index in [1.807, 2.05) is 42.5 Å². The second-order valence-corrected chi connectivity index (χ2v) is 8.52. The van der Waals surface area contributed by atoms with Gasteiger partial charge in [0.25, 0.3) is 0 Å². The van der Waals surface area contributed by atoms with Crippen molar-refractivity contribution in [2.75, 3.05) is 24.2 Å². The average Bonchev–Trinajstić information content (AvgIpc) is 3.31. The summed E-state index contributed by atoms with van der Waals surface area (Å²) in [5.41, 5.74) is 2.67. The molecule has 8 heteroatoms. The number of para-hydroxylation sites is 3. The zero-order valence-corrected chi connectivity index (χ0v) is 18.5. The van der Waals surface area contributed by atoms with Crippen molar-refractivity contribution < 1.29 is 9.59 Å². The predicted molar refractivity (Wildman–Crippen MR) is 121 cm³/mol. The summed E-state index contributed by atoms with van der Waals surface area (Å²) in [7, 11) is 1.70. The summed E-state index contributed by atoms with van der Waals surface area (Å²) < 4.78 is 2.10. The first-order valence-corrected chi connectivity index (χ1v) is 11.3. The number of carbonyl (C=O) groups excluding carboxylic acids is 2. The smallest absolute Gasteiger partial charge is 0.249 e. The molecule has 4 rings (SSSR count). The standard InChI is InChI=1S/C22H23ClN4O2S/c1-3-26-18-11-7-5-9-16(18)24-22(26)30-14-20(28)25(2)19-12-13-27(21(19)29)17-10-6-4-8-15(17)23/h4-11,19H,3,12-14H2,1-2H3. The van der Waals surface area contributed by atoms with Crippen LogP contribution in [0.15, 0.2) is 53.7 Å². The Kier molecular flexibility index (Phi) is 6.01. The van der Waals surface area contributed by atoms with Crippen LogP contribution in [0.4, 0.5) is 5.69 Å². The van der Waals surface area contributed by atoms with Gasteiger partial charge in [-0.15, -0.1) is 0 Å². The van der Waals surface area contributed by atoms with Gasteiger partial charge in [-0.3, -0.25) is 9.59 Å². The Hall–Kier alpha value is -2.51. The van der Waals surface area contributed by atoms with Crippen molar-refractivity contribution in [2.45, 2.75) is 31.1 Å². The lowest BCUT2D eigenvalue weighted by Crippen LogP contribution is -2.43. The highest BCUT2D eigenvalue weighted by Gasteiger charge is 2.37. The van der Waals surface area contributed by atoms with Gasteiger partial charge in [-0.2, -0.15) is 0 Å². The number of anilines is 1. The molecule has 0 saturated carbocycles. The Bertz CT molecular complexity index is 1100. The zero-order valence-electron chi connectivity index (χ0n) is 16.9. The molecule has 156 valence electrons. The second kappa shape index (κ2) is 8.70. The molecule has 1 saturated heterocycles. The third kappa shape index (κ3) is 3.79. The van der Waals surface area contributed by atoms with E-state index >= 15 is 0 Å². The molecule has 1 fully saturated rings. The van der Waals surface area contributed by atoms with Gasteiger partial charge >= 0.3 is 0 Å². The Labute approximate surface area is 184 Å². The van der Waals surface area contributed by atoms with Crippen molar-refractivity contribution in [3.8, 4) is 0 Å². The van der Waals surface area contributed by atoms with Crippen LogP contribution < -0.4 is 4.90 Å². The number of fused-ring (bicyclic) bond motifs is 1. The van der Waals surface area contributed by atoms with Gasteiger partial charge in [0.2, 0.25) is 11.8 Å². The van der Waals surface area contributed by atoms with Crippen LogP contribution in [0.1, 0.15) is 13.3 Å². The number of rotatable bonds is 6. The van der Waals surface area contributed by atoms with Crippen molar-refractivity contribution in [3.63, 3.8) is 0 Å². The third-order valence-corrected chi connectivity index (χ3v) is 6.72. The molecule has 1 unspecified atom stereocenters. The molecule has 0 aliphatic carbocycles. The number of likely N-dealkylation sites (N-methyl/N-ethyl adjacent to an activating group) is 1. The molecule has 2 aromatic carbocycles. The number of halogens is 1. The molecule has 3 aromatic rings. The monoisotopic (exact) mass is 442 g/mol. The molecule has 0 N–H and O–H groups in total.